The molecule has 0 amide bonds. The minimum atomic E-state index is 0.217. The topological polar surface area (TPSA) is 68.9 Å². The molecule has 1 fully saturated rings. The van der Waals surface area contributed by atoms with Crippen LogP contribution in [0.15, 0.2) is 9.90 Å². The van der Waals surface area contributed by atoms with Crippen LogP contribution in [0.3, 0.4) is 0 Å². The molecule has 18 heavy (non-hydrogen) atoms. The molecule has 2 aromatic rings. The molecule has 0 aliphatic heterocycles. The van der Waals surface area contributed by atoms with Gasteiger partial charge < -0.3 is 4.52 Å². The van der Waals surface area contributed by atoms with Crippen molar-refractivity contribution >= 4 is 17.1 Å². The van der Waals surface area contributed by atoms with Crippen LogP contribution in [0.5, 0.6) is 0 Å². The van der Waals surface area contributed by atoms with E-state index in [2.05, 4.69) is 15.1 Å². The summed E-state index contributed by atoms with van der Waals surface area (Å²) in [7, 11) is 0. The van der Waals surface area contributed by atoms with E-state index in [1.807, 2.05) is 12.3 Å². The third-order valence-electron chi connectivity index (χ3n) is 2.87. The third-order valence-corrected chi connectivity index (χ3v) is 3.70. The van der Waals surface area contributed by atoms with Crippen LogP contribution in [0.25, 0.3) is 0 Å². The van der Waals surface area contributed by atoms with Gasteiger partial charge in [0.25, 0.3) is 0 Å². The Hall–Kier alpha value is -1.56. The Balaban J connectivity index is 1.63. The molecular formula is C12H13N3O2S. The molecule has 0 atom stereocenters. The predicted octanol–water partition coefficient (Wildman–Crippen LogP) is 1.95. The van der Waals surface area contributed by atoms with Crippen LogP contribution >= 0.6 is 11.3 Å². The van der Waals surface area contributed by atoms with Crippen molar-refractivity contribution in [2.24, 2.45) is 5.92 Å². The van der Waals surface area contributed by atoms with E-state index in [-0.39, 0.29) is 18.1 Å². The predicted molar refractivity (Wildman–Crippen MR) is 65.4 cm³/mol. The molecule has 1 aliphatic carbocycles. The highest BCUT2D eigenvalue weighted by Gasteiger charge is 2.30. The Labute approximate surface area is 108 Å². The Bertz CT molecular complexity index is 571. The number of hydrogen-bond donors (Lipinski definition) is 0. The number of nitrogens with zero attached hydrogens (tertiary/aromatic N) is 3. The minimum absolute atomic E-state index is 0.217. The molecule has 0 saturated heterocycles. The molecule has 1 aliphatic rings. The van der Waals surface area contributed by atoms with Gasteiger partial charge in [0.1, 0.15) is 5.78 Å². The summed E-state index contributed by atoms with van der Waals surface area (Å²) in [4.78, 5) is 20.2. The first kappa shape index (κ1) is 11.5. The summed E-state index contributed by atoms with van der Waals surface area (Å²) in [6.45, 7) is 1.96. The first-order valence-electron chi connectivity index (χ1n) is 5.96. The summed E-state index contributed by atoms with van der Waals surface area (Å²) >= 11 is 1.60. The maximum Gasteiger partial charge on any atom is 0.234 e. The Morgan fingerprint density at radius 2 is 2.33 bits per heavy atom. The average Bonchev–Trinajstić information content (AvgIpc) is 2.99. The normalized spacial score (nSPS) is 14.9. The lowest BCUT2D eigenvalue weighted by atomic mass is 10.2. The smallest absolute Gasteiger partial charge is 0.234 e. The molecule has 5 nitrogen and oxygen atoms in total. The highest BCUT2D eigenvalue weighted by molar-refractivity contribution is 7.09. The molecule has 0 unspecified atom stereocenters. The maximum absolute atomic E-state index is 11.6. The van der Waals surface area contributed by atoms with E-state index < -0.39 is 0 Å². The SMILES string of the molecule is Cc1nc(Cc2noc(CC(=O)C3CC3)n2)cs1. The van der Waals surface area contributed by atoms with E-state index in [4.69, 9.17) is 4.52 Å². The van der Waals surface area contributed by atoms with E-state index >= 15 is 0 Å². The van der Waals surface area contributed by atoms with E-state index in [0.29, 0.717) is 18.1 Å². The molecule has 94 valence electrons. The number of hydrogen-bond acceptors (Lipinski definition) is 6. The molecule has 0 spiro atoms. The van der Waals surface area contributed by atoms with Crippen molar-refractivity contribution in [1.29, 1.82) is 0 Å². The van der Waals surface area contributed by atoms with E-state index in [0.717, 1.165) is 23.5 Å². The highest BCUT2D eigenvalue weighted by atomic mass is 32.1. The van der Waals surface area contributed by atoms with Crippen LogP contribution < -0.4 is 0 Å². The van der Waals surface area contributed by atoms with Crippen LogP contribution in [-0.4, -0.2) is 20.9 Å². The Morgan fingerprint density at radius 3 is 3.00 bits per heavy atom. The van der Waals surface area contributed by atoms with Gasteiger partial charge >= 0.3 is 0 Å². The number of Topliss-reactive ketones (excluding diaryl/α,β-unsaturated/α-hetero) is 1. The fraction of sp³-hybridized carbons (Fsp3) is 0.500. The molecule has 0 aromatic carbocycles. The monoisotopic (exact) mass is 263 g/mol. The number of ketones is 1. The second-order valence-electron chi connectivity index (χ2n) is 4.56. The fourth-order valence-electron chi connectivity index (χ4n) is 1.78. The second-order valence-corrected chi connectivity index (χ2v) is 5.62. The maximum atomic E-state index is 11.6. The molecule has 0 bridgehead atoms. The second kappa shape index (κ2) is 4.61. The fourth-order valence-corrected chi connectivity index (χ4v) is 2.40. The number of rotatable bonds is 5. The van der Waals surface area contributed by atoms with Gasteiger partial charge in [-0.1, -0.05) is 5.16 Å². The summed E-state index contributed by atoms with van der Waals surface area (Å²) in [6.07, 6.45) is 2.86. The third kappa shape index (κ3) is 2.64. The summed E-state index contributed by atoms with van der Waals surface area (Å²) in [5.41, 5.74) is 0.943. The molecular weight excluding hydrogens is 250 g/mol. The average molecular weight is 263 g/mol. The largest absolute Gasteiger partial charge is 0.339 e. The van der Waals surface area contributed by atoms with Crippen molar-refractivity contribution in [2.75, 3.05) is 0 Å². The molecule has 1 saturated carbocycles. The number of thiazole rings is 1. The number of aryl methyl sites for hydroxylation is 1. The van der Waals surface area contributed by atoms with Crippen molar-refractivity contribution in [3.05, 3.63) is 27.8 Å². The number of carbonyl (C=O) groups excluding carboxylic acids is 1. The van der Waals surface area contributed by atoms with Crippen LogP contribution in [-0.2, 0) is 17.6 Å². The highest BCUT2D eigenvalue weighted by Crippen LogP contribution is 2.30. The van der Waals surface area contributed by atoms with E-state index in [1.165, 1.54) is 0 Å². The molecule has 0 radical (unpaired) electrons. The molecule has 6 heteroatoms. The van der Waals surface area contributed by atoms with Gasteiger partial charge in [-0.3, -0.25) is 4.79 Å². The summed E-state index contributed by atoms with van der Waals surface area (Å²) in [5, 5.41) is 6.89. The van der Waals surface area contributed by atoms with Crippen molar-refractivity contribution in [3.8, 4) is 0 Å². The van der Waals surface area contributed by atoms with Crippen LogP contribution in [0.2, 0.25) is 0 Å². The van der Waals surface area contributed by atoms with E-state index in [1.54, 1.807) is 11.3 Å². The zero-order chi connectivity index (χ0) is 12.5. The van der Waals surface area contributed by atoms with Gasteiger partial charge in [-0.15, -0.1) is 11.3 Å². The van der Waals surface area contributed by atoms with Crippen molar-refractivity contribution in [3.63, 3.8) is 0 Å². The van der Waals surface area contributed by atoms with Crippen LogP contribution in [0, 0.1) is 12.8 Å². The quantitative estimate of drug-likeness (QED) is 0.824. The standard InChI is InChI=1S/C12H13N3O2S/c1-7-13-9(6-18-7)4-11-14-12(17-15-11)5-10(16)8-2-3-8/h6,8H,2-5H2,1H3. The minimum Gasteiger partial charge on any atom is -0.339 e. The van der Waals surface area contributed by atoms with E-state index in [9.17, 15) is 4.79 Å². The van der Waals surface area contributed by atoms with Crippen molar-refractivity contribution in [2.45, 2.75) is 32.6 Å². The van der Waals surface area contributed by atoms with Crippen LogP contribution in [0.1, 0.15) is 35.3 Å². The zero-order valence-electron chi connectivity index (χ0n) is 10.0. The first-order valence-corrected chi connectivity index (χ1v) is 6.84. The van der Waals surface area contributed by atoms with Gasteiger partial charge in [0.15, 0.2) is 5.82 Å². The lowest BCUT2D eigenvalue weighted by Crippen LogP contribution is -2.05. The lowest BCUT2D eigenvalue weighted by molar-refractivity contribution is -0.119. The Morgan fingerprint density at radius 1 is 1.50 bits per heavy atom. The summed E-state index contributed by atoms with van der Waals surface area (Å²) < 4.78 is 5.09. The van der Waals surface area contributed by atoms with Crippen molar-refractivity contribution < 1.29 is 9.32 Å². The van der Waals surface area contributed by atoms with Gasteiger partial charge in [0, 0.05) is 11.3 Å². The summed E-state index contributed by atoms with van der Waals surface area (Å²) in [5.74, 6) is 1.48. The van der Waals surface area contributed by atoms with Gasteiger partial charge in [-0.05, 0) is 19.8 Å². The van der Waals surface area contributed by atoms with Gasteiger partial charge in [-0.25, -0.2) is 4.98 Å². The molecule has 3 rings (SSSR count). The number of carbonyl (C=O) groups is 1. The Kier molecular flexibility index (Phi) is 2.95. The first-order chi connectivity index (χ1) is 8.70. The van der Waals surface area contributed by atoms with Gasteiger partial charge in [0.05, 0.1) is 23.5 Å². The van der Waals surface area contributed by atoms with Crippen molar-refractivity contribution in [1.82, 2.24) is 15.1 Å². The molecule has 0 N–H and O–H groups in total. The lowest BCUT2D eigenvalue weighted by Gasteiger charge is -1.90. The van der Waals surface area contributed by atoms with Gasteiger partial charge in [0.2, 0.25) is 5.89 Å². The molecule has 2 heterocycles. The van der Waals surface area contributed by atoms with Gasteiger partial charge in [-0.2, -0.15) is 4.98 Å². The molecule has 2 aromatic heterocycles. The number of aromatic nitrogens is 3. The summed E-state index contributed by atoms with van der Waals surface area (Å²) in [6, 6.07) is 0. The van der Waals surface area contributed by atoms with Crippen LogP contribution in [0.4, 0.5) is 0 Å². The zero-order valence-corrected chi connectivity index (χ0v) is 10.9.